The van der Waals surface area contributed by atoms with Crippen LogP contribution in [0.5, 0.6) is 0 Å². The van der Waals surface area contributed by atoms with E-state index in [-0.39, 0.29) is 29.4 Å². The quantitative estimate of drug-likeness (QED) is 0.671. The van der Waals surface area contributed by atoms with Crippen LogP contribution in [0.4, 0.5) is 4.39 Å². The molecule has 0 spiro atoms. The smallest absolute Gasteiger partial charge is 0.266 e. The van der Waals surface area contributed by atoms with Crippen molar-refractivity contribution in [3.05, 3.63) is 81.4 Å². The highest BCUT2D eigenvalue weighted by atomic mass is 32.2. The lowest BCUT2D eigenvalue weighted by atomic mass is 10.1. The second-order valence-electron chi connectivity index (χ2n) is 6.91. The van der Waals surface area contributed by atoms with Gasteiger partial charge in [-0.2, -0.15) is 5.10 Å². The molecular formula is C21H22FN3O3S. The van der Waals surface area contributed by atoms with Crippen molar-refractivity contribution in [1.82, 2.24) is 14.5 Å². The number of hydrogen-bond acceptors (Lipinski definition) is 4. The average Bonchev–Trinajstić information content (AvgIpc) is 2.62. The third kappa shape index (κ3) is 4.78. The van der Waals surface area contributed by atoms with Gasteiger partial charge in [-0.1, -0.05) is 17.7 Å². The monoisotopic (exact) mass is 415 g/mol. The number of rotatable bonds is 6. The van der Waals surface area contributed by atoms with Crippen LogP contribution in [0.25, 0.3) is 11.3 Å². The molecule has 6 nitrogen and oxygen atoms in total. The predicted octanol–water partition coefficient (Wildman–Crippen LogP) is 2.95. The molecular weight excluding hydrogens is 393 g/mol. The molecule has 0 amide bonds. The molecule has 0 saturated heterocycles. The Morgan fingerprint density at radius 2 is 1.62 bits per heavy atom. The first-order valence-electron chi connectivity index (χ1n) is 9.09. The molecule has 1 heterocycles. The summed E-state index contributed by atoms with van der Waals surface area (Å²) in [4.78, 5) is 12.3. The van der Waals surface area contributed by atoms with Crippen molar-refractivity contribution >= 4 is 10.0 Å². The number of nitrogens with one attached hydrogen (secondary N) is 1. The molecule has 0 aliphatic carbocycles. The van der Waals surface area contributed by atoms with Crippen molar-refractivity contribution in [2.45, 2.75) is 32.2 Å². The molecule has 2 aromatic carbocycles. The normalized spacial score (nSPS) is 11.6. The van der Waals surface area contributed by atoms with Crippen LogP contribution in [-0.2, 0) is 16.6 Å². The van der Waals surface area contributed by atoms with E-state index in [2.05, 4.69) is 9.82 Å². The number of aromatic nitrogens is 2. The number of hydrogen-bond donors (Lipinski definition) is 1. The van der Waals surface area contributed by atoms with Crippen LogP contribution in [-0.4, -0.2) is 24.7 Å². The van der Waals surface area contributed by atoms with E-state index < -0.39 is 10.0 Å². The van der Waals surface area contributed by atoms with Crippen molar-refractivity contribution in [3.63, 3.8) is 0 Å². The van der Waals surface area contributed by atoms with Gasteiger partial charge in [-0.3, -0.25) is 4.79 Å². The number of aryl methyl sites for hydroxylation is 3. The fraction of sp³-hybridized carbons (Fsp3) is 0.238. The minimum absolute atomic E-state index is 0.00880. The van der Waals surface area contributed by atoms with Gasteiger partial charge in [0.05, 0.1) is 17.1 Å². The maximum Gasteiger partial charge on any atom is 0.266 e. The van der Waals surface area contributed by atoms with Gasteiger partial charge in [0, 0.05) is 18.2 Å². The Hall–Kier alpha value is -2.84. The van der Waals surface area contributed by atoms with Crippen molar-refractivity contribution < 1.29 is 12.8 Å². The Kier molecular flexibility index (Phi) is 5.95. The lowest BCUT2D eigenvalue weighted by Gasteiger charge is -2.13. The second-order valence-corrected chi connectivity index (χ2v) is 8.62. The summed E-state index contributed by atoms with van der Waals surface area (Å²) < 4.78 is 42.3. The number of sulfonamides is 1. The van der Waals surface area contributed by atoms with Crippen molar-refractivity contribution in [2.75, 3.05) is 6.54 Å². The van der Waals surface area contributed by atoms with Gasteiger partial charge < -0.3 is 0 Å². The average molecular weight is 415 g/mol. The highest BCUT2D eigenvalue weighted by molar-refractivity contribution is 7.89. The molecule has 0 aliphatic heterocycles. The van der Waals surface area contributed by atoms with E-state index in [9.17, 15) is 17.6 Å². The zero-order chi connectivity index (χ0) is 21.2. The molecule has 0 unspecified atom stereocenters. The largest absolute Gasteiger partial charge is 0.268 e. The summed E-state index contributed by atoms with van der Waals surface area (Å²) in [6.07, 6.45) is 0. The summed E-state index contributed by atoms with van der Waals surface area (Å²) in [7, 11) is -3.72. The molecule has 8 heteroatoms. The van der Waals surface area contributed by atoms with Gasteiger partial charge in [0.25, 0.3) is 5.56 Å². The van der Waals surface area contributed by atoms with Gasteiger partial charge in [0.2, 0.25) is 10.0 Å². The molecule has 0 radical (unpaired) electrons. The summed E-state index contributed by atoms with van der Waals surface area (Å²) in [5, 5.41) is 4.26. The number of nitrogens with zero attached hydrogens (tertiary/aromatic N) is 2. The highest BCUT2D eigenvalue weighted by Gasteiger charge is 2.19. The summed E-state index contributed by atoms with van der Waals surface area (Å²) in [5.74, 6) is -0.363. The zero-order valence-corrected chi connectivity index (χ0v) is 17.3. The van der Waals surface area contributed by atoms with Crippen LogP contribution in [0, 0.1) is 26.6 Å². The molecule has 152 valence electrons. The molecule has 0 bridgehead atoms. The van der Waals surface area contributed by atoms with Gasteiger partial charge >= 0.3 is 0 Å². The van der Waals surface area contributed by atoms with E-state index in [1.54, 1.807) is 32.0 Å². The fourth-order valence-electron chi connectivity index (χ4n) is 3.33. The standard InChI is InChI=1S/C21H22FN3O3S/c1-14-12-15(2)21(16(3)13-14)29(27,28)23-10-11-25-20(26)9-8-19(24-25)17-4-6-18(22)7-5-17/h4-9,12-13,23H,10-11H2,1-3H3. The van der Waals surface area contributed by atoms with Crippen LogP contribution < -0.4 is 10.3 Å². The first kappa shape index (κ1) is 20.9. The zero-order valence-electron chi connectivity index (χ0n) is 16.4. The Morgan fingerprint density at radius 1 is 1.00 bits per heavy atom. The predicted molar refractivity (Wildman–Crippen MR) is 110 cm³/mol. The Labute approximate surface area is 169 Å². The van der Waals surface area contributed by atoms with Crippen molar-refractivity contribution in [2.24, 2.45) is 0 Å². The highest BCUT2D eigenvalue weighted by Crippen LogP contribution is 2.21. The molecule has 0 saturated carbocycles. The topological polar surface area (TPSA) is 81.1 Å². The van der Waals surface area contributed by atoms with Gasteiger partial charge in [-0.25, -0.2) is 22.2 Å². The van der Waals surface area contributed by atoms with Crippen LogP contribution in [0.1, 0.15) is 16.7 Å². The van der Waals surface area contributed by atoms with Gasteiger partial charge in [-0.15, -0.1) is 0 Å². The molecule has 1 aromatic heterocycles. The van der Waals surface area contributed by atoms with Gasteiger partial charge in [0.15, 0.2) is 0 Å². The molecule has 3 aromatic rings. The third-order valence-corrected chi connectivity index (χ3v) is 6.26. The Morgan fingerprint density at radius 3 is 2.24 bits per heavy atom. The maximum absolute atomic E-state index is 13.1. The molecule has 0 fully saturated rings. The van der Waals surface area contributed by atoms with Crippen LogP contribution in [0.2, 0.25) is 0 Å². The van der Waals surface area contributed by atoms with Crippen LogP contribution in [0.3, 0.4) is 0 Å². The van der Waals surface area contributed by atoms with E-state index >= 15 is 0 Å². The Bertz CT molecular complexity index is 1180. The summed E-state index contributed by atoms with van der Waals surface area (Å²) in [5.41, 5.74) is 3.14. The molecule has 1 N–H and O–H groups in total. The first-order chi connectivity index (χ1) is 13.7. The van der Waals surface area contributed by atoms with Crippen LogP contribution in [0.15, 0.2) is 58.2 Å². The maximum atomic E-state index is 13.1. The van der Waals surface area contributed by atoms with E-state index in [1.807, 2.05) is 19.1 Å². The SMILES string of the molecule is Cc1cc(C)c(S(=O)(=O)NCCn2nc(-c3ccc(F)cc3)ccc2=O)c(C)c1. The van der Waals surface area contributed by atoms with Gasteiger partial charge in [0.1, 0.15) is 5.82 Å². The van der Waals surface area contributed by atoms with Gasteiger partial charge in [-0.05, 0) is 62.2 Å². The van der Waals surface area contributed by atoms with Crippen molar-refractivity contribution in [3.8, 4) is 11.3 Å². The summed E-state index contributed by atoms with van der Waals surface area (Å²) >= 11 is 0. The lowest BCUT2D eigenvalue weighted by Crippen LogP contribution is -2.32. The second kappa shape index (κ2) is 8.26. The molecule has 0 atom stereocenters. The number of benzene rings is 2. The van der Waals surface area contributed by atoms with Crippen LogP contribution >= 0.6 is 0 Å². The first-order valence-corrected chi connectivity index (χ1v) is 10.6. The van der Waals surface area contributed by atoms with E-state index in [0.29, 0.717) is 22.4 Å². The van der Waals surface area contributed by atoms with E-state index in [1.165, 1.54) is 22.9 Å². The molecule has 29 heavy (non-hydrogen) atoms. The Balaban J connectivity index is 1.77. The van der Waals surface area contributed by atoms with E-state index in [4.69, 9.17) is 0 Å². The minimum atomic E-state index is -3.72. The minimum Gasteiger partial charge on any atom is -0.268 e. The molecule has 3 rings (SSSR count). The third-order valence-electron chi connectivity index (χ3n) is 4.50. The lowest BCUT2D eigenvalue weighted by molar-refractivity contribution is 0.548. The number of halogens is 1. The summed E-state index contributed by atoms with van der Waals surface area (Å²) in [6, 6.07) is 12.3. The summed E-state index contributed by atoms with van der Waals surface area (Å²) in [6.45, 7) is 5.50. The fourth-order valence-corrected chi connectivity index (χ4v) is 4.80. The molecule has 0 aliphatic rings. The van der Waals surface area contributed by atoms with E-state index in [0.717, 1.165) is 5.56 Å². The van der Waals surface area contributed by atoms with Crippen molar-refractivity contribution in [1.29, 1.82) is 0 Å².